The number of nitrogens with zero attached hydrogens (tertiary/aromatic N) is 5. The average Bonchev–Trinajstić information content (AvgIpc) is 3.09. The van der Waals surface area contributed by atoms with Crippen molar-refractivity contribution in [2.45, 2.75) is 11.7 Å². The predicted octanol–water partition coefficient (Wildman–Crippen LogP) is 3.01. The van der Waals surface area contributed by atoms with Gasteiger partial charge in [0.2, 0.25) is 11.1 Å². The van der Waals surface area contributed by atoms with Crippen LogP contribution in [-0.2, 0) is 11.3 Å². The molecule has 1 heterocycles. The molecule has 0 radical (unpaired) electrons. The summed E-state index contributed by atoms with van der Waals surface area (Å²) in [4.78, 5) is 22.3. The van der Waals surface area contributed by atoms with Crippen molar-refractivity contribution in [1.29, 1.82) is 0 Å². The number of nitrogens with one attached hydrogen (secondary N) is 1. The molecule has 9 nitrogen and oxygen atoms in total. The van der Waals surface area contributed by atoms with Gasteiger partial charge in [-0.25, -0.2) is 4.68 Å². The van der Waals surface area contributed by atoms with E-state index in [1.54, 1.807) is 4.68 Å². The molecule has 0 fully saturated rings. The van der Waals surface area contributed by atoms with Gasteiger partial charge in [-0.05, 0) is 22.1 Å². The third-order valence-corrected chi connectivity index (χ3v) is 4.71. The molecule has 0 saturated carbocycles. The van der Waals surface area contributed by atoms with E-state index in [-0.39, 0.29) is 22.4 Å². The van der Waals surface area contributed by atoms with E-state index >= 15 is 0 Å². The molecule has 1 N–H and O–H groups in total. The van der Waals surface area contributed by atoms with Gasteiger partial charge in [-0.3, -0.25) is 14.9 Å². The Bertz CT molecular complexity index is 966. The molecule has 2 aromatic carbocycles. The fourth-order valence-corrected chi connectivity index (χ4v) is 3.09. The lowest BCUT2D eigenvalue weighted by Crippen LogP contribution is -2.15. The van der Waals surface area contributed by atoms with Gasteiger partial charge in [-0.1, -0.05) is 53.7 Å². The van der Waals surface area contributed by atoms with Crippen LogP contribution in [0.4, 0.5) is 11.4 Å². The number of hydrogen-bond donors (Lipinski definition) is 1. The van der Waals surface area contributed by atoms with Crippen LogP contribution in [0.2, 0.25) is 5.02 Å². The third kappa shape index (κ3) is 5.02. The Morgan fingerprint density at radius 2 is 2.04 bits per heavy atom. The molecule has 0 saturated heterocycles. The van der Waals surface area contributed by atoms with Gasteiger partial charge < -0.3 is 5.32 Å². The van der Waals surface area contributed by atoms with Crippen molar-refractivity contribution in [3.63, 3.8) is 0 Å². The van der Waals surface area contributed by atoms with E-state index in [1.165, 1.54) is 30.0 Å². The molecule has 0 spiro atoms. The molecule has 27 heavy (non-hydrogen) atoms. The summed E-state index contributed by atoms with van der Waals surface area (Å²) in [6.45, 7) is 0.492. The minimum atomic E-state index is -0.556. The molecule has 0 aliphatic heterocycles. The quantitative estimate of drug-likeness (QED) is 0.365. The van der Waals surface area contributed by atoms with E-state index < -0.39 is 4.92 Å². The summed E-state index contributed by atoms with van der Waals surface area (Å²) in [5.41, 5.74) is 1.19. The monoisotopic (exact) mass is 404 g/mol. The Hall–Kier alpha value is -2.98. The van der Waals surface area contributed by atoms with Crippen molar-refractivity contribution < 1.29 is 9.72 Å². The third-order valence-electron chi connectivity index (χ3n) is 3.44. The van der Waals surface area contributed by atoms with Crippen LogP contribution < -0.4 is 5.32 Å². The number of carbonyl (C=O) groups is 1. The predicted molar refractivity (Wildman–Crippen MR) is 101 cm³/mol. The molecule has 138 valence electrons. The van der Waals surface area contributed by atoms with Crippen LogP contribution in [0.1, 0.15) is 5.56 Å². The molecule has 0 aliphatic carbocycles. The highest BCUT2D eigenvalue weighted by Gasteiger charge is 2.14. The van der Waals surface area contributed by atoms with Crippen molar-refractivity contribution in [2.75, 3.05) is 11.1 Å². The Labute approximate surface area is 162 Å². The largest absolute Gasteiger partial charge is 0.324 e. The number of thioether (sulfide) groups is 1. The molecule has 0 bridgehead atoms. The first-order valence-electron chi connectivity index (χ1n) is 7.69. The summed E-state index contributed by atoms with van der Waals surface area (Å²) in [6, 6.07) is 13.5. The van der Waals surface area contributed by atoms with E-state index in [4.69, 9.17) is 11.6 Å². The average molecular weight is 405 g/mol. The summed E-state index contributed by atoms with van der Waals surface area (Å²) >= 11 is 7.15. The summed E-state index contributed by atoms with van der Waals surface area (Å²) in [7, 11) is 0. The summed E-state index contributed by atoms with van der Waals surface area (Å²) in [5.74, 6) is -0.271. The van der Waals surface area contributed by atoms with Gasteiger partial charge in [0.05, 0.1) is 27.9 Å². The van der Waals surface area contributed by atoms with E-state index in [0.29, 0.717) is 17.4 Å². The SMILES string of the molecule is O=C(CSc1nnnn1Cc1ccccc1)Nc1ccc([N+](=O)[O-])cc1Cl. The zero-order chi connectivity index (χ0) is 19.2. The van der Waals surface area contributed by atoms with E-state index in [2.05, 4.69) is 20.8 Å². The first kappa shape index (κ1) is 18.8. The van der Waals surface area contributed by atoms with Gasteiger partial charge in [0.15, 0.2) is 0 Å². The zero-order valence-electron chi connectivity index (χ0n) is 13.8. The first-order chi connectivity index (χ1) is 13.0. The van der Waals surface area contributed by atoms with Crippen LogP contribution in [0.15, 0.2) is 53.7 Å². The van der Waals surface area contributed by atoms with Crippen LogP contribution in [0.3, 0.4) is 0 Å². The Kier molecular flexibility index (Phi) is 5.99. The molecule has 1 amide bonds. The van der Waals surface area contributed by atoms with Gasteiger partial charge >= 0.3 is 0 Å². The minimum absolute atomic E-state index is 0.0580. The number of hydrogen-bond acceptors (Lipinski definition) is 7. The number of rotatable bonds is 7. The molecule has 11 heteroatoms. The molecular weight excluding hydrogens is 392 g/mol. The molecule has 3 rings (SSSR count). The van der Waals surface area contributed by atoms with Crippen LogP contribution in [0.25, 0.3) is 0 Å². The molecule has 0 atom stereocenters. The number of nitro groups is 1. The Morgan fingerprint density at radius 3 is 2.74 bits per heavy atom. The summed E-state index contributed by atoms with van der Waals surface area (Å²) in [5, 5.41) is 25.4. The van der Waals surface area contributed by atoms with E-state index in [0.717, 1.165) is 5.56 Å². The number of aromatic nitrogens is 4. The number of tetrazole rings is 1. The molecule has 3 aromatic rings. The lowest BCUT2D eigenvalue weighted by molar-refractivity contribution is -0.384. The standard InChI is InChI=1S/C16H13ClN6O3S/c17-13-8-12(23(25)26)6-7-14(13)18-15(24)10-27-16-19-20-21-22(16)9-11-4-2-1-3-5-11/h1-8H,9-10H2,(H,18,24). The fourth-order valence-electron chi connectivity index (χ4n) is 2.19. The van der Waals surface area contributed by atoms with Crippen LogP contribution in [-0.4, -0.2) is 36.8 Å². The van der Waals surface area contributed by atoms with Crippen molar-refractivity contribution in [2.24, 2.45) is 0 Å². The topological polar surface area (TPSA) is 116 Å². The number of benzene rings is 2. The maximum atomic E-state index is 12.1. The van der Waals surface area contributed by atoms with Gasteiger partial charge in [0.1, 0.15) is 0 Å². The number of anilines is 1. The minimum Gasteiger partial charge on any atom is -0.324 e. The maximum Gasteiger partial charge on any atom is 0.271 e. The van der Waals surface area contributed by atoms with Crippen molar-refractivity contribution >= 4 is 40.6 Å². The van der Waals surface area contributed by atoms with Crippen LogP contribution in [0, 0.1) is 10.1 Å². The van der Waals surface area contributed by atoms with Gasteiger partial charge in [0.25, 0.3) is 5.69 Å². The number of carbonyl (C=O) groups excluding carboxylic acids is 1. The number of non-ortho nitro benzene ring substituents is 1. The highest BCUT2D eigenvalue weighted by Crippen LogP contribution is 2.27. The molecule has 1 aromatic heterocycles. The zero-order valence-corrected chi connectivity index (χ0v) is 15.4. The molecule has 0 unspecified atom stereocenters. The maximum absolute atomic E-state index is 12.1. The Morgan fingerprint density at radius 1 is 1.26 bits per heavy atom. The molecule has 0 aliphatic rings. The summed E-state index contributed by atoms with van der Waals surface area (Å²) < 4.78 is 1.60. The van der Waals surface area contributed by atoms with Crippen molar-refractivity contribution in [3.05, 3.63) is 69.2 Å². The second-order valence-corrected chi connectivity index (χ2v) is 6.71. The number of nitro benzene ring substituents is 1. The van der Waals surface area contributed by atoms with Gasteiger partial charge in [0, 0.05) is 12.1 Å². The van der Waals surface area contributed by atoms with Crippen LogP contribution in [0.5, 0.6) is 0 Å². The lowest BCUT2D eigenvalue weighted by Gasteiger charge is -2.07. The molecular formula is C16H13ClN6O3S. The number of halogens is 1. The normalized spacial score (nSPS) is 10.6. The van der Waals surface area contributed by atoms with Gasteiger partial charge in [-0.2, -0.15) is 0 Å². The fraction of sp³-hybridized carbons (Fsp3) is 0.125. The van der Waals surface area contributed by atoms with Crippen molar-refractivity contribution in [1.82, 2.24) is 20.2 Å². The van der Waals surface area contributed by atoms with Crippen LogP contribution >= 0.6 is 23.4 Å². The van der Waals surface area contributed by atoms with Crippen molar-refractivity contribution in [3.8, 4) is 0 Å². The lowest BCUT2D eigenvalue weighted by atomic mass is 10.2. The number of amides is 1. The second kappa shape index (κ2) is 8.60. The highest BCUT2D eigenvalue weighted by atomic mass is 35.5. The van der Waals surface area contributed by atoms with E-state index in [1.807, 2.05) is 30.3 Å². The second-order valence-electron chi connectivity index (χ2n) is 5.36. The smallest absolute Gasteiger partial charge is 0.271 e. The highest BCUT2D eigenvalue weighted by molar-refractivity contribution is 7.99. The summed E-state index contributed by atoms with van der Waals surface area (Å²) in [6.07, 6.45) is 0. The van der Waals surface area contributed by atoms with E-state index in [9.17, 15) is 14.9 Å². The first-order valence-corrected chi connectivity index (χ1v) is 9.06. The van der Waals surface area contributed by atoms with Gasteiger partial charge in [-0.15, -0.1) is 5.10 Å². The Balaban J connectivity index is 1.59.